The fraction of sp³-hybridized carbons (Fsp3) is 0.929. The van der Waals surface area contributed by atoms with Crippen molar-refractivity contribution in [1.82, 2.24) is 10.6 Å². The van der Waals surface area contributed by atoms with Crippen molar-refractivity contribution in [1.29, 1.82) is 0 Å². The van der Waals surface area contributed by atoms with E-state index in [2.05, 4.69) is 10.6 Å². The molecule has 1 saturated heterocycles. The van der Waals surface area contributed by atoms with Crippen molar-refractivity contribution in [3.05, 3.63) is 0 Å². The molecular formula is C14H26N2O. The van der Waals surface area contributed by atoms with Crippen LogP contribution in [-0.2, 0) is 4.79 Å². The molecule has 1 atom stereocenters. The van der Waals surface area contributed by atoms with Gasteiger partial charge in [-0.1, -0.05) is 25.7 Å². The van der Waals surface area contributed by atoms with Crippen molar-refractivity contribution in [2.75, 3.05) is 19.6 Å². The fourth-order valence-electron chi connectivity index (χ4n) is 3.12. The van der Waals surface area contributed by atoms with Crippen LogP contribution in [0.2, 0.25) is 0 Å². The number of piperidine rings is 1. The van der Waals surface area contributed by atoms with E-state index < -0.39 is 0 Å². The Hall–Kier alpha value is -0.570. The molecule has 0 radical (unpaired) electrons. The molecule has 1 aliphatic carbocycles. The van der Waals surface area contributed by atoms with Crippen LogP contribution in [0.1, 0.15) is 51.4 Å². The van der Waals surface area contributed by atoms with Crippen LogP contribution in [0.25, 0.3) is 0 Å². The first-order valence-corrected chi connectivity index (χ1v) is 7.34. The summed E-state index contributed by atoms with van der Waals surface area (Å²) in [5.74, 6) is 1.43. The predicted molar refractivity (Wildman–Crippen MR) is 69.8 cm³/mol. The molecular weight excluding hydrogens is 212 g/mol. The molecule has 0 bridgehead atoms. The minimum Gasteiger partial charge on any atom is -0.356 e. The van der Waals surface area contributed by atoms with E-state index in [0.717, 1.165) is 44.8 Å². The maximum absolute atomic E-state index is 11.8. The van der Waals surface area contributed by atoms with Gasteiger partial charge >= 0.3 is 0 Å². The van der Waals surface area contributed by atoms with Crippen molar-refractivity contribution in [2.24, 2.45) is 11.8 Å². The van der Waals surface area contributed by atoms with Gasteiger partial charge in [-0.3, -0.25) is 4.79 Å². The van der Waals surface area contributed by atoms with E-state index in [1.807, 2.05) is 0 Å². The summed E-state index contributed by atoms with van der Waals surface area (Å²) in [6, 6.07) is 0. The van der Waals surface area contributed by atoms with Gasteiger partial charge in [0.2, 0.25) is 5.91 Å². The van der Waals surface area contributed by atoms with Crippen LogP contribution in [0.15, 0.2) is 0 Å². The lowest BCUT2D eigenvalue weighted by atomic mass is 9.98. The number of rotatable bonds is 5. The molecule has 1 saturated carbocycles. The second-order valence-corrected chi connectivity index (χ2v) is 5.63. The van der Waals surface area contributed by atoms with Gasteiger partial charge in [0.15, 0.2) is 0 Å². The smallest absolute Gasteiger partial charge is 0.224 e. The number of amides is 1. The Labute approximate surface area is 105 Å². The summed E-state index contributed by atoms with van der Waals surface area (Å²) in [6.07, 6.45) is 10.3. The van der Waals surface area contributed by atoms with E-state index in [4.69, 9.17) is 0 Å². The average molecular weight is 238 g/mol. The zero-order valence-electron chi connectivity index (χ0n) is 10.8. The third-order valence-corrected chi connectivity index (χ3v) is 4.23. The molecule has 2 fully saturated rings. The van der Waals surface area contributed by atoms with Gasteiger partial charge < -0.3 is 10.6 Å². The molecule has 98 valence electrons. The standard InChI is InChI=1S/C14H26N2O/c17-14(13-8-4-9-15-11-13)16-10-3-7-12-5-1-2-6-12/h12-13,15H,1-11H2,(H,16,17)/t13-/m0/s1. The summed E-state index contributed by atoms with van der Waals surface area (Å²) >= 11 is 0. The lowest BCUT2D eigenvalue weighted by Gasteiger charge is -2.22. The van der Waals surface area contributed by atoms with E-state index >= 15 is 0 Å². The Morgan fingerprint density at radius 3 is 2.71 bits per heavy atom. The van der Waals surface area contributed by atoms with Crippen molar-refractivity contribution < 1.29 is 4.79 Å². The highest BCUT2D eigenvalue weighted by atomic mass is 16.1. The Morgan fingerprint density at radius 2 is 2.00 bits per heavy atom. The van der Waals surface area contributed by atoms with Crippen LogP contribution >= 0.6 is 0 Å². The summed E-state index contributed by atoms with van der Waals surface area (Å²) in [7, 11) is 0. The van der Waals surface area contributed by atoms with Crippen LogP contribution in [0, 0.1) is 11.8 Å². The molecule has 2 rings (SSSR count). The Balaban J connectivity index is 1.53. The van der Waals surface area contributed by atoms with Gasteiger partial charge in [-0.15, -0.1) is 0 Å². The lowest BCUT2D eigenvalue weighted by Crippen LogP contribution is -2.40. The molecule has 0 unspecified atom stereocenters. The Bertz CT molecular complexity index is 230. The summed E-state index contributed by atoms with van der Waals surface area (Å²) in [5.41, 5.74) is 0. The van der Waals surface area contributed by atoms with E-state index in [-0.39, 0.29) is 11.8 Å². The highest BCUT2D eigenvalue weighted by Gasteiger charge is 2.20. The summed E-state index contributed by atoms with van der Waals surface area (Å²) < 4.78 is 0. The summed E-state index contributed by atoms with van der Waals surface area (Å²) in [6.45, 7) is 2.83. The number of hydrogen-bond acceptors (Lipinski definition) is 2. The zero-order valence-corrected chi connectivity index (χ0v) is 10.8. The second kappa shape index (κ2) is 7.00. The van der Waals surface area contributed by atoms with Gasteiger partial charge in [0.25, 0.3) is 0 Å². The van der Waals surface area contributed by atoms with Crippen molar-refractivity contribution in [2.45, 2.75) is 51.4 Å². The summed E-state index contributed by atoms with van der Waals surface area (Å²) in [4.78, 5) is 11.8. The number of hydrogen-bond donors (Lipinski definition) is 2. The first-order chi connectivity index (χ1) is 8.36. The maximum atomic E-state index is 11.8. The minimum absolute atomic E-state index is 0.218. The van der Waals surface area contributed by atoms with E-state index in [1.165, 1.54) is 32.1 Å². The van der Waals surface area contributed by atoms with E-state index in [9.17, 15) is 4.79 Å². The van der Waals surface area contributed by atoms with E-state index in [0.29, 0.717) is 0 Å². The first-order valence-electron chi connectivity index (χ1n) is 7.34. The van der Waals surface area contributed by atoms with Crippen LogP contribution < -0.4 is 10.6 Å². The molecule has 17 heavy (non-hydrogen) atoms. The van der Waals surface area contributed by atoms with Gasteiger partial charge in [-0.05, 0) is 38.1 Å². The molecule has 0 spiro atoms. The van der Waals surface area contributed by atoms with Gasteiger partial charge in [-0.25, -0.2) is 0 Å². The maximum Gasteiger partial charge on any atom is 0.224 e. The first kappa shape index (κ1) is 12.9. The third kappa shape index (κ3) is 4.30. The van der Waals surface area contributed by atoms with Gasteiger partial charge in [0, 0.05) is 13.1 Å². The SMILES string of the molecule is O=C(NCCCC1CCCC1)[C@H]1CCCNC1. The van der Waals surface area contributed by atoms with Gasteiger partial charge in [0.1, 0.15) is 0 Å². The largest absolute Gasteiger partial charge is 0.356 e. The quantitative estimate of drug-likeness (QED) is 0.720. The molecule has 1 aliphatic heterocycles. The molecule has 0 aromatic carbocycles. The Morgan fingerprint density at radius 1 is 1.18 bits per heavy atom. The normalized spacial score (nSPS) is 26.0. The van der Waals surface area contributed by atoms with Crippen LogP contribution in [-0.4, -0.2) is 25.5 Å². The van der Waals surface area contributed by atoms with Gasteiger partial charge in [0.05, 0.1) is 5.92 Å². The zero-order chi connectivity index (χ0) is 11.9. The molecule has 2 N–H and O–H groups in total. The molecule has 2 aliphatic rings. The van der Waals surface area contributed by atoms with E-state index in [1.54, 1.807) is 0 Å². The third-order valence-electron chi connectivity index (χ3n) is 4.23. The fourth-order valence-corrected chi connectivity index (χ4v) is 3.12. The topological polar surface area (TPSA) is 41.1 Å². The second-order valence-electron chi connectivity index (χ2n) is 5.63. The summed E-state index contributed by atoms with van der Waals surface area (Å²) in [5, 5.41) is 6.39. The van der Waals surface area contributed by atoms with Gasteiger partial charge in [-0.2, -0.15) is 0 Å². The van der Waals surface area contributed by atoms with Crippen LogP contribution in [0.3, 0.4) is 0 Å². The molecule has 1 amide bonds. The lowest BCUT2D eigenvalue weighted by molar-refractivity contribution is -0.125. The minimum atomic E-state index is 0.218. The van der Waals surface area contributed by atoms with Crippen molar-refractivity contribution in [3.63, 3.8) is 0 Å². The molecule has 3 nitrogen and oxygen atoms in total. The monoisotopic (exact) mass is 238 g/mol. The van der Waals surface area contributed by atoms with Crippen molar-refractivity contribution in [3.8, 4) is 0 Å². The number of nitrogens with one attached hydrogen (secondary N) is 2. The van der Waals surface area contributed by atoms with Crippen molar-refractivity contribution >= 4 is 5.91 Å². The molecule has 3 heteroatoms. The highest BCUT2D eigenvalue weighted by Crippen LogP contribution is 2.28. The van der Waals surface area contributed by atoms with Crippen LogP contribution in [0.5, 0.6) is 0 Å². The van der Waals surface area contributed by atoms with Crippen LogP contribution in [0.4, 0.5) is 0 Å². The molecule has 1 heterocycles. The number of carbonyl (C=O) groups excluding carboxylic acids is 1. The molecule has 0 aromatic heterocycles. The molecule has 0 aromatic rings. The predicted octanol–water partition coefficient (Wildman–Crippen LogP) is 2.07. The highest BCUT2D eigenvalue weighted by molar-refractivity contribution is 5.78. The average Bonchev–Trinajstić information content (AvgIpc) is 2.88. The number of carbonyl (C=O) groups is 1. The Kier molecular flexibility index (Phi) is 5.30.